The van der Waals surface area contributed by atoms with Crippen molar-refractivity contribution in [2.45, 2.75) is 36.7 Å². The quantitative estimate of drug-likeness (QED) is 0.743. The van der Waals surface area contributed by atoms with Gasteiger partial charge in [-0.3, -0.25) is 9.59 Å². The molecule has 0 aromatic heterocycles. The van der Waals surface area contributed by atoms with E-state index < -0.39 is 22.0 Å². The first-order valence-electron chi connectivity index (χ1n) is 7.38. The molecular weight excluding hydrogens is 400 g/mol. The Hall–Kier alpha value is -1.45. The highest BCUT2D eigenvalue weighted by molar-refractivity contribution is 9.10. The second-order valence-electron chi connectivity index (χ2n) is 5.53. The summed E-state index contributed by atoms with van der Waals surface area (Å²) in [6.45, 7) is 1.52. The average molecular weight is 419 g/mol. The van der Waals surface area contributed by atoms with Crippen LogP contribution in [-0.4, -0.2) is 50.3 Å². The molecule has 0 radical (unpaired) electrons. The number of benzene rings is 1. The number of hydrogen-bond acceptors (Lipinski definition) is 5. The number of amides is 1. The number of piperidine rings is 1. The van der Waals surface area contributed by atoms with Crippen molar-refractivity contribution in [2.24, 2.45) is 0 Å². The van der Waals surface area contributed by atoms with Gasteiger partial charge < -0.3 is 10.1 Å². The topological polar surface area (TPSA) is 92.8 Å². The van der Waals surface area contributed by atoms with Gasteiger partial charge in [-0.05, 0) is 37.1 Å². The first kappa shape index (κ1) is 18.9. The highest BCUT2D eigenvalue weighted by Gasteiger charge is 2.41. The molecule has 2 rings (SSSR count). The van der Waals surface area contributed by atoms with Crippen LogP contribution in [0.3, 0.4) is 0 Å². The van der Waals surface area contributed by atoms with Gasteiger partial charge in [0.2, 0.25) is 15.9 Å². The molecule has 1 N–H and O–H groups in total. The maximum Gasteiger partial charge on any atom is 0.324 e. The van der Waals surface area contributed by atoms with Gasteiger partial charge in [0.15, 0.2) is 0 Å². The van der Waals surface area contributed by atoms with Gasteiger partial charge in [-0.2, -0.15) is 4.31 Å². The van der Waals surface area contributed by atoms with Crippen molar-refractivity contribution in [3.05, 3.63) is 28.7 Å². The molecule has 7 nitrogen and oxygen atoms in total. The Morgan fingerprint density at radius 1 is 1.29 bits per heavy atom. The van der Waals surface area contributed by atoms with Gasteiger partial charge in [0, 0.05) is 24.0 Å². The molecule has 1 amide bonds. The largest absolute Gasteiger partial charge is 0.468 e. The van der Waals surface area contributed by atoms with Gasteiger partial charge in [-0.15, -0.1) is 0 Å². The van der Waals surface area contributed by atoms with Crippen molar-refractivity contribution in [1.29, 1.82) is 0 Å². The first-order valence-corrected chi connectivity index (χ1v) is 9.61. The molecule has 1 aliphatic heterocycles. The summed E-state index contributed by atoms with van der Waals surface area (Å²) >= 11 is 3.26. The number of methoxy groups -OCH3 is 1. The van der Waals surface area contributed by atoms with E-state index in [1.807, 2.05) is 0 Å². The van der Waals surface area contributed by atoms with Crippen LogP contribution in [0.2, 0.25) is 0 Å². The maximum absolute atomic E-state index is 12.9. The van der Waals surface area contributed by atoms with Crippen LogP contribution in [0.5, 0.6) is 0 Å². The summed E-state index contributed by atoms with van der Waals surface area (Å²) in [6.07, 6.45) is 0.616. The minimum Gasteiger partial charge on any atom is -0.468 e. The fourth-order valence-electron chi connectivity index (χ4n) is 2.74. The molecule has 1 heterocycles. The molecule has 2 atom stereocenters. The lowest BCUT2D eigenvalue weighted by atomic mass is 9.99. The van der Waals surface area contributed by atoms with Crippen molar-refractivity contribution in [3.63, 3.8) is 0 Å². The Morgan fingerprint density at radius 3 is 2.46 bits per heavy atom. The van der Waals surface area contributed by atoms with Crippen LogP contribution in [0, 0.1) is 0 Å². The number of ether oxygens (including phenoxy) is 1. The summed E-state index contributed by atoms with van der Waals surface area (Å²) in [5, 5.41) is 2.74. The number of esters is 1. The van der Waals surface area contributed by atoms with Gasteiger partial charge in [0.25, 0.3) is 0 Å². The Labute approximate surface area is 149 Å². The molecule has 0 saturated carbocycles. The van der Waals surface area contributed by atoms with Crippen LogP contribution in [0.15, 0.2) is 33.6 Å². The van der Waals surface area contributed by atoms with Crippen molar-refractivity contribution in [2.75, 3.05) is 13.7 Å². The van der Waals surface area contributed by atoms with Crippen LogP contribution >= 0.6 is 15.9 Å². The Morgan fingerprint density at radius 2 is 1.92 bits per heavy atom. The molecule has 0 aliphatic carbocycles. The lowest BCUT2D eigenvalue weighted by Crippen LogP contribution is -2.54. The van der Waals surface area contributed by atoms with E-state index in [1.54, 1.807) is 12.1 Å². The lowest BCUT2D eigenvalue weighted by molar-refractivity contribution is -0.146. The molecule has 0 unspecified atom stereocenters. The third-order valence-electron chi connectivity index (χ3n) is 3.85. The van der Waals surface area contributed by atoms with Crippen molar-refractivity contribution >= 4 is 37.8 Å². The predicted molar refractivity (Wildman–Crippen MR) is 90.7 cm³/mol. The first-order chi connectivity index (χ1) is 11.3. The number of nitrogens with zero attached hydrogens (tertiary/aromatic N) is 1. The van der Waals surface area contributed by atoms with E-state index in [-0.39, 0.29) is 29.8 Å². The predicted octanol–water partition coefficient (Wildman–Crippen LogP) is 1.28. The van der Waals surface area contributed by atoms with Crippen molar-refractivity contribution in [3.8, 4) is 0 Å². The van der Waals surface area contributed by atoms with E-state index in [9.17, 15) is 18.0 Å². The minimum absolute atomic E-state index is 0.109. The number of halogens is 1. The normalized spacial score (nSPS) is 22.0. The molecule has 132 valence electrons. The van der Waals surface area contributed by atoms with Gasteiger partial charge in [0.1, 0.15) is 6.04 Å². The molecule has 0 spiro atoms. The number of nitrogens with one attached hydrogen (secondary N) is 1. The fraction of sp³-hybridized carbons (Fsp3) is 0.467. The zero-order valence-electron chi connectivity index (χ0n) is 13.4. The Kier molecular flexibility index (Phi) is 6.00. The summed E-state index contributed by atoms with van der Waals surface area (Å²) in [4.78, 5) is 23.4. The lowest BCUT2D eigenvalue weighted by Gasteiger charge is -2.36. The smallest absolute Gasteiger partial charge is 0.324 e. The van der Waals surface area contributed by atoms with E-state index in [2.05, 4.69) is 21.2 Å². The van der Waals surface area contributed by atoms with Crippen LogP contribution in [0.1, 0.15) is 19.8 Å². The number of carbonyl (C=O) groups is 2. The van der Waals surface area contributed by atoms with E-state index >= 15 is 0 Å². The number of sulfonamides is 1. The van der Waals surface area contributed by atoms with Gasteiger partial charge >= 0.3 is 5.97 Å². The molecule has 1 aliphatic rings. The number of hydrogen-bond donors (Lipinski definition) is 1. The molecular formula is C15H19BrN2O5S. The highest BCUT2D eigenvalue weighted by Crippen LogP contribution is 2.27. The zero-order valence-corrected chi connectivity index (χ0v) is 15.8. The highest BCUT2D eigenvalue weighted by atomic mass is 79.9. The van der Waals surface area contributed by atoms with Crippen LogP contribution < -0.4 is 5.32 Å². The summed E-state index contributed by atoms with van der Waals surface area (Å²) < 4.78 is 32.4. The second kappa shape index (κ2) is 7.62. The average Bonchev–Trinajstić information content (AvgIpc) is 2.53. The number of rotatable bonds is 4. The zero-order chi connectivity index (χ0) is 17.9. The summed E-state index contributed by atoms with van der Waals surface area (Å²) in [7, 11) is -2.62. The summed E-state index contributed by atoms with van der Waals surface area (Å²) in [6, 6.07) is 4.99. The fourth-order valence-corrected chi connectivity index (χ4v) is 4.61. The Balaban J connectivity index is 2.31. The molecule has 0 bridgehead atoms. The van der Waals surface area contributed by atoms with Gasteiger partial charge in [-0.1, -0.05) is 15.9 Å². The SMILES string of the molecule is COC(=O)[C@H]1C[C@H](NC(C)=O)CCN1S(=O)(=O)c1ccc(Br)cc1. The maximum atomic E-state index is 12.9. The Bertz CT molecular complexity index is 720. The molecule has 24 heavy (non-hydrogen) atoms. The molecule has 1 fully saturated rings. The van der Waals surface area contributed by atoms with E-state index in [1.165, 1.54) is 26.2 Å². The van der Waals surface area contributed by atoms with Crippen LogP contribution in [0.4, 0.5) is 0 Å². The summed E-state index contributed by atoms with van der Waals surface area (Å²) in [5.74, 6) is -0.849. The third-order valence-corrected chi connectivity index (χ3v) is 6.31. The van der Waals surface area contributed by atoms with Crippen molar-refractivity contribution in [1.82, 2.24) is 9.62 Å². The van der Waals surface area contributed by atoms with Gasteiger partial charge in [0.05, 0.1) is 12.0 Å². The van der Waals surface area contributed by atoms with Crippen molar-refractivity contribution < 1.29 is 22.7 Å². The van der Waals surface area contributed by atoms with E-state index in [0.29, 0.717) is 6.42 Å². The summed E-state index contributed by atoms with van der Waals surface area (Å²) in [5.41, 5.74) is 0. The third kappa shape index (κ3) is 4.14. The second-order valence-corrected chi connectivity index (χ2v) is 8.34. The standard InChI is InChI=1S/C15H19BrN2O5S/c1-10(19)17-12-7-8-18(14(9-12)15(20)23-2)24(21,22)13-5-3-11(16)4-6-13/h3-6,12,14H,7-9H2,1-2H3,(H,17,19)/t12-,14-/m1/s1. The van der Waals surface area contributed by atoms with E-state index in [4.69, 9.17) is 4.74 Å². The number of carbonyl (C=O) groups excluding carboxylic acids is 2. The van der Waals surface area contributed by atoms with Crippen LogP contribution in [0.25, 0.3) is 0 Å². The minimum atomic E-state index is -3.84. The monoisotopic (exact) mass is 418 g/mol. The molecule has 1 aromatic rings. The molecule has 1 saturated heterocycles. The molecule has 1 aromatic carbocycles. The van der Waals surface area contributed by atoms with E-state index in [0.717, 1.165) is 8.78 Å². The van der Waals surface area contributed by atoms with Crippen LogP contribution in [-0.2, 0) is 24.3 Å². The molecule has 9 heteroatoms. The van der Waals surface area contributed by atoms with Gasteiger partial charge in [-0.25, -0.2) is 8.42 Å².